The minimum absolute atomic E-state index is 0.813. The average molecular weight is 218 g/mol. The Bertz CT molecular complexity index is 315. The zero-order chi connectivity index (χ0) is 9.83. The van der Waals surface area contributed by atoms with Gasteiger partial charge in [-0.3, -0.25) is 8.37 Å². The second kappa shape index (κ2) is 3.89. The molecule has 0 heterocycles. The van der Waals surface area contributed by atoms with Crippen molar-refractivity contribution < 1.29 is 25.2 Å². The summed E-state index contributed by atoms with van der Waals surface area (Å²) in [6, 6.07) is 0. The van der Waals surface area contributed by atoms with Gasteiger partial charge in [0, 0.05) is 0 Å². The van der Waals surface area contributed by atoms with Gasteiger partial charge < -0.3 is 0 Å². The van der Waals surface area contributed by atoms with Crippen LogP contribution in [0.2, 0.25) is 0 Å². The zero-order valence-corrected chi connectivity index (χ0v) is 7.79. The van der Waals surface area contributed by atoms with Crippen molar-refractivity contribution in [3.8, 4) is 0 Å². The summed E-state index contributed by atoms with van der Waals surface area (Å²) in [6.07, 6.45) is 0. The first-order chi connectivity index (χ1) is 5.33. The van der Waals surface area contributed by atoms with Crippen molar-refractivity contribution >= 4 is 20.6 Å². The Morgan fingerprint density at radius 3 is 1.25 bits per heavy atom. The second-order valence-electron chi connectivity index (χ2n) is 1.35. The summed E-state index contributed by atoms with van der Waals surface area (Å²) in [5.41, 5.74) is 0. The Hall–Kier alpha value is -0.580. The molecule has 0 aliphatic rings. The molecule has 0 saturated carbocycles. The first-order valence-electron chi connectivity index (χ1n) is 2.38. The number of nitrogens with zero attached hydrogens (tertiary/aromatic N) is 2. The molecule has 0 atom stereocenters. The summed E-state index contributed by atoms with van der Waals surface area (Å²) in [6.45, 7) is 0. The standard InChI is InChI=1S/C2H6N2O6S2/c1-9-11(5,6)3-4-12(7,8)10-2/h1-2H3. The quantitative estimate of drug-likeness (QED) is 0.572. The van der Waals surface area contributed by atoms with Crippen molar-refractivity contribution in [2.75, 3.05) is 14.2 Å². The SMILES string of the molecule is COS(=O)(=O)N=NS(=O)(=O)OC. The van der Waals surface area contributed by atoms with Crippen molar-refractivity contribution in [1.82, 2.24) is 0 Å². The van der Waals surface area contributed by atoms with Crippen molar-refractivity contribution in [1.29, 1.82) is 0 Å². The van der Waals surface area contributed by atoms with Gasteiger partial charge in [-0.05, 0) is 9.04 Å². The molecular formula is C2H6N2O6S2. The predicted molar refractivity (Wildman–Crippen MR) is 36.7 cm³/mol. The lowest BCUT2D eigenvalue weighted by Gasteiger charge is -1.90. The molecule has 0 unspecified atom stereocenters. The first kappa shape index (κ1) is 11.4. The molecule has 0 N–H and O–H groups in total. The molecule has 8 nitrogen and oxygen atoms in total. The highest BCUT2D eigenvalue weighted by Gasteiger charge is 2.10. The summed E-state index contributed by atoms with van der Waals surface area (Å²) >= 11 is 0. The molecule has 0 aromatic heterocycles. The van der Waals surface area contributed by atoms with Crippen molar-refractivity contribution in [2.45, 2.75) is 0 Å². The largest absolute Gasteiger partial charge is 0.399 e. The van der Waals surface area contributed by atoms with E-state index in [0.29, 0.717) is 0 Å². The van der Waals surface area contributed by atoms with E-state index in [0.717, 1.165) is 14.2 Å². The van der Waals surface area contributed by atoms with Crippen LogP contribution in [0, 0.1) is 0 Å². The van der Waals surface area contributed by atoms with E-state index in [-0.39, 0.29) is 0 Å². The summed E-state index contributed by atoms with van der Waals surface area (Å²) < 4.78 is 53.7. The molecule has 10 heteroatoms. The van der Waals surface area contributed by atoms with Gasteiger partial charge in [-0.2, -0.15) is 16.8 Å². The minimum Gasteiger partial charge on any atom is -0.254 e. The van der Waals surface area contributed by atoms with E-state index in [1.807, 2.05) is 0 Å². The van der Waals surface area contributed by atoms with Gasteiger partial charge in [0.1, 0.15) is 0 Å². The zero-order valence-electron chi connectivity index (χ0n) is 6.16. The van der Waals surface area contributed by atoms with Crippen molar-refractivity contribution in [3.63, 3.8) is 0 Å². The third-order valence-electron chi connectivity index (χ3n) is 0.655. The fourth-order valence-electron chi connectivity index (χ4n) is 0.148. The maximum absolute atomic E-state index is 10.4. The highest BCUT2D eigenvalue weighted by atomic mass is 32.2. The summed E-state index contributed by atoms with van der Waals surface area (Å²) in [5, 5.41) is 0. The molecule has 0 aromatic carbocycles. The summed E-state index contributed by atoms with van der Waals surface area (Å²) in [5.74, 6) is 0. The van der Waals surface area contributed by atoms with Gasteiger partial charge in [0.25, 0.3) is 0 Å². The maximum atomic E-state index is 10.4. The molecule has 0 bridgehead atoms. The van der Waals surface area contributed by atoms with E-state index >= 15 is 0 Å². The number of hydrogen-bond donors (Lipinski definition) is 0. The van der Waals surface area contributed by atoms with Crippen LogP contribution in [0.3, 0.4) is 0 Å². The first-order valence-corrected chi connectivity index (χ1v) is 5.11. The van der Waals surface area contributed by atoms with E-state index in [4.69, 9.17) is 0 Å². The number of rotatable bonds is 4. The van der Waals surface area contributed by atoms with Gasteiger partial charge in [-0.15, -0.1) is 0 Å². The molecule has 0 aromatic rings. The van der Waals surface area contributed by atoms with Crippen molar-refractivity contribution in [2.24, 2.45) is 9.04 Å². The third kappa shape index (κ3) is 4.33. The summed E-state index contributed by atoms with van der Waals surface area (Å²) in [4.78, 5) is 0. The molecule has 0 amide bonds. The van der Waals surface area contributed by atoms with Gasteiger partial charge in [0.2, 0.25) is 0 Å². The van der Waals surface area contributed by atoms with Gasteiger partial charge in [-0.1, -0.05) is 0 Å². The molecule has 0 radical (unpaired) electrons. The Morgan fingerprint density at radius 2 is 1.08 bits per heavy atom. The van der Waals surface area contributed by atoms with Crippen LogP contribution in [0.25, 0.3) is 0 Å². The Labute approximate surface area is 69.7 Å². The fraction of sp³-hybridized carbons (Fsp3) is 1.00. The Kier molecular flexibility index (Phi) is 3.70. The van der Waals surface area contributed by atoms with Crippen LogP contribution in [0.4, 0.5) is 0 Å². The highest BCUT2D eigenvalue weighted by molar-refractivity contribution is 7.87. The Balaban J connectivity index is 4.70. The van der Waals surface area contributed by atoms with E-state index in [2.05, 4.69) is 17.4 Å². The molecule has 0 aliphatic carbocycles. The monoisotopic (exact) mass is 218 g/mol. The van der Waals surface area contributed by atoms with E-state index in [9.17, 15) is 16.8 Å². The van der Waals surface area contributed by atoms with Crippen LogP contribution in [0.1, 0.15) is 0 Å². The van der Waals surface area contributed by atoms with Crippen LogP contribution in [0.15, 0.2) is 9.04 Å². The van der Waals surface area contributed by atoms with Gasteiger partial charge in [0.05, 0.1) is 14.2 Å². The van der Waals surface area contributed by atoms with Gasteiger partial charge in [-0.25, -0.2) is 0 Å². The lowest BCUT2D eigenvalue weighted by Crippen LogP contribution is -2.00. The lowest BCUT2D eigenvalue weighted by atomic mass is 11.8. The molecule has 0 rings (SSSR count). The molecule has 12 heavy (non-hydrogen) atoms. The van der Waals surface area contributed by atoms with Crippen LogP contribution in [-0.2, 0) is 29.0 Å². The van der Waals surface area contributed by atoms with Crippen LogP contribution >= 0.6 is 0 Å². The lowest BCUT2D eigenvalue weighted by molar-refractivity contribution is 0.389. The predicted octanol–water partition coefficient (Wildman–Crippen LogP) is -0.779. The average Bonchev–Trinajstić information content (AvgIpc) is 2.02. The Morgan fingerprint density at radius 1 is 0.833 bits per heavy atom. The van der Waals surface area contributed by atoms with Crippen LogP contribution < -0.4 is 0 Å². The normalized spacial score (nSPS) is 13.8. The maximum Gasteiger partial charge on any atom is 0.399 e. The minimum atomic E-state index is -4.26. The topological polar surface area (TPSA) is 111 Å². The molecule has 72 valence electrons. The highest BCUT2D eigenvalue weighted by Crippen LogP contribution is 1.98. The van der Waals surface area contributed by atoms with Crippen LogP contribution in [-0.4, -0.2) is 31.1 Å². The molecule has 0 spiro atoms. The van der Waals surface area contributed by atoms with E-state index in [1.54, 1.807) is 0 Å². The van der Waals surface area contributed by atoms with Gasteiger partial charge >= 0.3 is 20.6 Å². The fourth-order valence-corrected chi connectivity index (χ4v) is 0.935. The molecule has 0 saturated heterocycles. The van der Waals surface area contributed by atoms with E-state index < -0.39 is 20.6 Å². The number of hydrogen-bond acceptors (Lipinski definition) is 6. The second-order valence-corrected chi connectivity index (χ2v) is 4.06. The third-order valence-corrected chi connectivity index (χ3v) is 2.16. The van der Waals surface area contributed by atoms with E-state index in [1.165, 1.54) is 0 Å². The smallest absolute Gasteiger partial charge is 0.254 e. The molecule has 0 fully saturated rings. The van der Waals surface area contributed by atoms with Crippen LogP contribution in [0.5, 0.6) is 0 Å². The molecule has 0 aliphatic heterocycles. The summed E-state index contributed by atoms with van der Waals surface area (Å²) in [7, 11) is -6.90. The molecular weight excluding hydrogens is 212 g/mol. The van der Waals surface area contributed by atoms with Gasteiger partial charge in [0.15, 0.2) is 0 Å². The van der Waals surface area contributed by atoms with Crippen molar-refractivity contribution in [3.05, 3.63) is 0 Å².